The first-order chi connectivity index (χ1) is 9.31. The Kier molecular flexibility index (Phi) is 4.18. The molecule has 1 N–H and O–H groups in total. The molecule has 1 saturated heterocycles. The average molecular weight is 263 g/mol. The van der Waals surface area contributed by atoms with Gasteiger partial charge in [0.1, 0.15) is 0 Å². The van der Waals surface area contributed by atoms with Crippen molar-refractivity contribution in [3.8, 4) is 0 Å². The van der Waals surface area contributed by atoms with Gasteiger partial charge in [0.2, 0.25) is 0 Å². The van der Waals surface area contributed by atoms with Crippen LogP contribution in [0, 0.1) is 0 Å². The lowest BCUT2D eigenvalue weighted by Crippen LogP contribution is -2.37. The molecule has 19 heavy (non-hydrogen) atoms. The summed E-state index contributed by atoms with van der Waals surface area (Å²) in [4.78, 5) is 0. The van der Waals surface area contributed by atoms with Crippen LogP contribution in [0.2, 0.25) is 0 Å². The fourth-order valence-electron chi connectivity index (χ4n) is 3.28. The smallest absolute Gasteiger partial charge is 0.0762 e. The number of rotatable bonds is 4. The summed E-state index contributed by atoms with van der Waals surface area (Å²) in [6, 6.07) is 3.39. The summed E-state index contributed by atoms with van der Waals surface area (Å²) >= 11 is 0. The molecule has 0 bridgehead atoms. The van der Waals surface area contributed by atoms with Crippen molar-refractivity contribution in [2.45, 2.75) is 70.2 Å². The zero-order valence-corrected chi connectivity index (χ0v) is 11.8. The zero-order valence-electron chi connectivity index (χ0n) is 11.8. The number of hydrogen-bond acceptors (Lipinski definition) is 3. The third-order valence-corrected chi connectivity index (χ3v) is 4.42. The summed E-state index contributed by atoms with van der Waals surface area (Å²) in [7, 11) is 0. The van der Waals surface area contributed by atoms with Crippen LogP contribution in [0.15, 0.2) is 12.3 Å². The zero-order chi connectivity index (χ0) is 13.1. The molecule has 2 atom stereocenters. The molecule has 1 aliphatic heterocycles. The number of ether oxygens (including phenoxy) is 1. The monoisotopic (exact) mass is 263 g/mol. The number of hydrogen-bond donors (Lipinski definition) is 1. The molecule has 106 valence electrons. The molecule has 2 fully saturated rings. The summed E-state index contributed by atoms with van der Waals surface area (Å²) in [5, 5.41) is 8.33. The SMILES string of the molecule is CC1CC(NCc2ccn(C3CCCC3)n2)CCO1. The summed E-state index contributed by atoms with van der Waals surface area (Å²) < 4.78 is 7.75. The van der Waals surface area contributed by atoms with Gasteiger partial charge in [0, 0.05) is 25.4 Å². The summed E-state index contributed by atoms with van der Waals surface area (Å²) in [6.45, 7) is 3.93. The first-order valence-corrected chi connectivity index (χ1v) is 7.70. The minimum absolute atomic E-state index is 0.391. The van der Waals surface area contributed by atoms with Gasteiger partial charge in [0.15, 0.2) is 0 Å². The number of nitrogens with one attached hydrogen (secondary N) is 1. The van der Waals surface area contributed by atoms with Crippen LogP contribution >= 0.6 is 0 Å². The maximum atomic E-state index is 5.57. The molecule has 0 amide bonds. The van der Waals surface area contributed by atoms with Gasteiger partial charge in [-0.25, -0.2) is 0 Å². The van der Waals surface area contributed by atoms with E-state index >= 15 is 0 Å². The minimum atomic E-state index is 0.391. The van der Waals surface area contributed by atoms with Gasteiger partial charge in [-0.15, -0.1) is 0 Å². The van der Waals surface area contributed by atoms with E-state index in [0.717, 1.165) is 26.0 Å². The molecule has 1 aliphatic carbocycles. The van der Waals surface area contributed by atoms with Crippen molar-refractivity contribution in [1.82, 2.24) is 15.1 Å². The Morgan fingerprint density at radius 3 is 3.00 bits per heavy atom. The lowest BCUT2D eigenvalue weighted by molar-refractivity contribution is 0.0130. The normalized spacial score (nSPS) is 28.9. The van der Waals surface area contributed by atoms with E-state index in [-0.39, 0.29) is 0 Å². The van der Waals surface area contributed by atoms with E-state index in [1.807, 2.05) is 0 Å². The second-order valence-electron chi connectivity index (χ2n) is 6.01. The highest BCUT2D eigenvalue weighted by molar-refractivity contribution is 5.00. The highest BCUT2D eigenvalue weighted by Gasteiger charge is 2.20. The standard InChI is InChI=1S/C15H25N3O/c1-12-10-13(7-9-19-12)16-11-14-6-8-18(17-14)15-4-2-3-5-15/h6,8,12-13,15-16H,2-5,7,9-11H2,1H3. The molecule has 1 aromatic rings. The predicted molar refractivity (Wildman–Crippen MR) is 75.0 cm³/mol. The third kappa shape index (κ3) is 3.37. The third-order valence-electron chi connectivity index (χ3n) is 4.42. The van der Waals surface area contributed by atoms with Gasteiger partial charge in [0.05, 0.1) is 17.8 Å². The molecule has 4 nitrogen and oxygen atoms in total. The highest BCUT2D eigenvalue weighted by atomic mass is 16.5. The number of nitrogens with zero attached hydrogens (tertiary/aromatic N) is 2. The van der Waals surface area contributed by atoms with Gasteiger partial charge in [-0.3, -0.25) is 4.68 Å². The Hall–Kier alpha value is -0.870. The van der Waals surface area contributed by atoms with Crippen LogP contribution in [0.3, 0.4) is 0 Å². The van der Waals surface area contributed by atoms with Crippen molar-refractivity contribution >= 4 is 0 Å². The summed E-state index contributed by atoms with van der Waals surface area (Å²) in [5.74, 6) is 0. The van der Waals surface area contributed by atoms with Crippen LogP contribution < -0.4 is 5.32 Å². The Morgan fingerprint density at radius 2 is 2.21 bits per heavy atom. The topological polar surface area (TPSA) is 39.1 Å². The minimum Gasteiger partial charge on any atom is -0.378 e. The Morgan fingerprint density at radius 1 is 1.37 bits per heavy atom. The molecule has 2 unspecified atom stereocenters. The van der Waals surface area contributed by atoms with E-state index in [9.17, 15) is 0 Å². The second-order valence-corrected chi connectivity index (χ2v) is 6.01. The van der Waals surface area contributed by atoms with Crippen LogP contribution in [0.4, 0.5) is 0 Å². The van der Waals surface area contributed by atoms with Crippen LogP contribution in [-0.4, -0.2) is 28.5 Å². The Labute approximate surface area is 115 Å². The fraction of sp³-hybridized carbons (Fsp3) is 0.800. The van der Waals surface area contributed by atoms with E-state index in [0.29, 0.717) is 18.2 Å². The average Bonchev–Trinajstić information content (AvgIpc) is 3.07. The van der Waals surface area contributed by atoms with Crippen molar-refractivity contribution in [2.75, 3.05) is 6.61 Å². The Bertz CT molecular complexity index is 398. The van der Waals surface area contributed by atoms with Gasteiger partial charge in [-0.2, -0.15) is 5.10 Å². The van der Waals surface area contributed by atoms with Gasteiger partial charge in [0.25, 0.3) is 0 Å². The van der Waals surface area contributed by atoms with Crippen LogP contribution in [-0.2, 0) is 11.3 Å². The van der Waals surface area contributed by atoms with E-state index in [1.54, 1.807) is 0 Å². The van der Waals surface area contributed by atoms with Gasteiger partial charge in [-0.05, 0) is 38.7 Å². The fourth-order valence-corrected chi connectivity index (χ4v) is 3.28. The summed E-state index contributed by atoms with van der Waals surface area (Å²) in [6.07, 6.45) is 10.1. The van der Waals surface area contributed by atoms with E-state index in [1.165, 1.54) is 31.4 Å². The van der Waals surface area contributed by atoms with Crippen molar-refractivity contribution < 1.29 is 4.74 Å². The number of aromatic nitrogens is 2. The predicted octanol–water partition coefficient (Wildman–Crippen LogP) is 2.66. The lowest BCUT2D eigenvalue weighted by Gasteiger charge is -2.27. The molecule has 3 rings (SSSR count). The van der Waals surface area contributed by atoms with E-state index < -0.39 is 0 Å². The quantitative estimate of drug-likeness (QED) is 0.907. The Balaban J connectivity index is 1.49. The second kappa shape index (κ2) is 6.06. The van der Waals surface area contributed by atoms with Gasteiger partial charge in [-0.1, -0.05) is 12.8 Å². The molecule has 2 heterocycles. The van der Waals surface area contributed by atoms with Crippen LogP contribution in [0.5, 0.6) is 0 Å². The van der Waals surface area contributed by atoms with E-state index in [4.69, 9.17) is 9.84 Å². The molecular weight excluding hydrogens is 238 g/mol. The van der Waals surface area contributed by atoms with Gasteiger partial charge >= 0.3 is 0 Å². The largest absolute Gasteiger partial charge is 0.378 e. The van der Waals surface area contributed by atoms with Crippen LogP contribution in [0.1, 0.15) is 57.2 Å². The summed E-state index contributed by atoms with van der Waals surface area (Å²) in [5.41, 5.74) is 1.17. The maximum Gasteiger partial charge on any atom is 0.0762 e. The first-order valence-electron chi connectivity index (χ1n) is 7.70. The molecule has 0 radical (unpaired) electrons. The molecule has 0 spiro atoms. The van der Waals surface area contributed by atoms with Crippen molar-refractivity contribution in [2.24, 2.45) is 0 Å². The maximum absolute atomic E-state index is 5.57. The molecule has 0 aromatic carbocycles. The molecular formula is C15H25N3O. The van der Waals surface area contributed by atoms with Crippen molar-refractivity contribution in [3.05, 3.63) is 18.0 Å². The van der Waals surface area contributed by atoms with E-state index in [2.05, 4.69) is 29.2 Å². The molecule has 4 heteroatoms. The lowest BCUT2D eigenvalue weighted by atomic mass is 10.0. The van der Waals surface area contributed by atoms with Crippen molar-refractivity contribution in [1.29, 1.82) is 0 Å². The molecule has 1 saturated carbocycles. The molecule has 2 aliphatic rings. The highest BCUT2D eigenvalue weighted by Crippen LogP contribution is 2.28. The molecule has 1 aromatic heterocycles. The first kappa shape index (κ1) is 13.1. The van der Waals surface area contributed by atoms with Crippen molar-refractivity contribution in [3.63, 3.8) is 0 Å². The van der Waals surface area contributed by atoms with Crippen LogP contribution in [0.25, 0.3) is 0 Å². The van der Waals surface area contributed by atoms with Gasteiger partial charge < -0.3 is 10.1 Å².